The molecule has 0 bridgehead atoms. The minimum Gasteiger partial charge on any atom is -0.391 e. The minimum atomic E-state index is -0.610. The Kier molecular flexibility index (Phi) is 5.32. The molecule has 0 saturated carbocycles. The van der Waals surface area contributed by atoms with Crippen molar-refractivity contribution in [2.45, 2.75) is 38.3 Å². The Hall–Kier alpha value is -0.450. The summed E-state index contributed by atoms with van der Waals surface area (Å²) in [5.41, 5.74) is 0.188. The summed E-state index contributed by atoms with van der Waals surface area (Å²) in [5.74, 6) is -0.269. The molecule has 0 aromatic heterocycles. The maximum absolute atomic E-state index is 13.7. The number of benzene rings is 1. The van der Waals surface area contributed by atoms with Crippen LogP contribution in [0.2, 0.25) is 0 Å². The Labute approximate surface area is 117 Å². The molecule has 2 atom stereocenters. The highest BCUT2D eigenvalue weighted by Gasteiger charge is 2.33. The Morgan fingerprint density at radius 3 is 2.56 bits per heavy atom. The minimum absolute atomic E-state index is 0.269. The summed E-state index contributed by atoms with van der Waals surface area (Å²) in [4.78, 5) is 1.99. The zero-order valence-electron chi connectivity index (χ0n) is 11.4. The lowest BCUT2D eigenvalue weighted by Crippen LogP contribution is -2.51. The van der Waals surface area contributed by atoms with E-state index in [9.17, 15) is 9.50 Å². The number of hydrogen-bond donors (Lipinski definition) is 1. The molecule has 1 aromatic carbocycles. The summed E-state index contributed by atoms with van der Waals surface area (Å²) in [6, 6.07) is 4.81. The summed E-state index contributed by atoms with van der Waals surface area (Å²) in [5, 5.41) is 10.4. The van der Waals surface area contributed by atoms with E-state index in [0.717, 1.165) is 10.9 Å². The van der Waals surface area contributed by atoms with Crippen LogP contribution in [-0.4, -0.2) is 35.7 Å². The van der Waals surface area contributed by atoms with Gasteiger partial charge in [-0.15, -0.1) is 0 Å². The standard InChI is InChI=1S/C14H21BrFNO/c1-5-14(2,17(3)4)13(18)9-10-8-11(15)6-7-12(10)16/h6-8,13,18H,5,9H2,1-4H3. The molecule has 1 N–H and O–H groups in total. The SMILES string of the molecule is CCC(C)(C(O)Cc1cc(Br)ccc1F)N(C)C. The molecule has 0 spiro atoms. The summed E-state index contributed by atoms with van der Waals surface area (Å²) in [7, 11) is 3.87. The average Bonchev–Trinajstić information content (AvgIpc) is 2.32. The molecule has 0 saturated heterocycles. The van der Waals surface area contributed by atoms with Crippen LogP contribution in [0.25, 0.3) is 0 Å². The number of nitrogens with zero attached hydrogens (tertiary/aromatic N) is 1. The fraction of sp³-hybridized carbons (Fsp3) is 0.571. The molecule has 4 heteroatoms. The molecule has 1 aromatic rings. The fourth-order valence-corrected chi connectivity index (χ4v) is 2.39. The van der Waals surface area contributed by atoms with Gasteiger partial charge >= 0.3 is 0 Å². The molecule has 18 heavy (non-hydrogen) atoms. The highest BCUT2D eigenvalue weighted by atomic mass is 79.9. The van der Waals surface area contributed by atoms with Gasteiger partial charge in [0.15, 0.2) is 0 Å². The van der Waals surface area contributed by atoms with E-state index in [0.29, 0.717) is 12.0 Å². The van der Waals surface area contributed by atoms with Crippen LogP contribution in [0.5, 0.6) is 0 Å². The second-order valence-corrected chi connectivity index (χ2v) is 5.98. The molecule has 0 fully saturated rings. The molecule has 102 valence electrons. The maximum Gasteiger partial charge on any atom is 0.126 e. The molecule has 0 aliphatic rings. The summed E-state index contributed by atoms with van der Waals surface area (Å²) in [6.07, 6.45) is 0.506. The number of hydrogen-bond acceptors (Lipinski definition) is 2. The summed E-state index contributed by atoms with van der Waals surface area (Å²) < 4.78 is 14.5. The molecule has 0 aliphatic heterocycles. The van der Waals surface area contributed by atoms with Gasteiger partial charge < -0.3 is 10.0 Å². The summed E-state index contributed by atoms with van der Waals surface area (Å²) >= 11 is 3.32. The third-order valence-electron chi connectivity index (χ3n) is 3.88. The Balaban J connectivity index is 2.93. The number of rotatable bonds is 5. The molecule has 2 unspecified atom stereocenters. The van der Waals surface area contributed by atoms with Crippen molar-refractivity contribution in [3.8, 4) is 0 Å². The van der Waals surface area contributed by atoms with Gasteiger partial charge in [-0.05, 0) is 51.2 Å². The lowest BCUT2D eigenvalue weighted by Gasteiger charge is -2.40. The number of halogens is 2. The predicted molar refractivity (Wildman–Crippen MR) is 76.2 cm³/mol. The third kappa shape index (κ3) is 3.31. The van der Waals surface area contributed by atoms with Crippen molar-refractivity contribution in [2.24, 2.45) is 0 Å². The van der Waals surface area contributed by atoms with Crippen molar-refractivity contribution in [1.29, 1.82) is 0 Å². The Morgan fingerprint density at radius 2 is 2.06 bits per heavy atom. The van der Waals surface area contributed by atoms with Gasteiger partial charge in [0.2, 0.25) is 0 Å². The van der Waals surface area contributed by atoms with Crippen LogP contribution in [0.3, 0.4) is 0 Å². The average molecular weight is 318 g/mol. The van der Waals surface area contributed by atoms with Crippen molar-refractivity contribution < 1.29 is 9.50 Å². The van der Waals surface area contributed by atoms with E-state index in [1.54, 1.807) is 12.1 Å². The monoisotopic (exact) mass is 317 g/mol. The number of aliphatic hydroxyl groups is 1. The van der Waals surface area contributed by atoms with E-state index in [-0.39, 0.29) is 11.4 Å². The van der Waals surface area contributed by atoms with Crippen LogP contribution in [0.1, 0.15) is 25.8 Å². The predicted octanol–water partition coefficient (Wildman–Crippen LogP) is 3.22. The lowest BCUT2D eigenvalue weighted by atomic mass is 9.86. The molecule has 0 heterocycles. The number of likely N-dealkylation sites (N-methyl/N-ethyl adjacent to an activating group) is 1. The topological polar surface area (TPSA) is 23.5 Å². The molecule has 0 radical (unpaired) electrons. The molecule has 0 aliphatic carbocycles. The second-order valence-electron chi connectivity index (χ2n) is 5.06. The van der Waals surface area contributed by atoms with E-state index in [2.05, 4.69) is 15.9 Å². The Bertz CT molecular complexity index is 411. The first-order valence-electron chi connectivity index (χ1n) is 6.10. The van der Waals surface area contributed by atoms with Gasteiger partial charge in [-0.25, -0.2) is 4.39 Å². The third-order valence-corrected chi connectivity index (χ3v) is 4.37. The first kappa shape index (κ1) is 15.6. The molecule has 0 amide bonds. The molecular weight excluding hydrogens is 297 g/mol. The van der Waals surface area contributed by atoms with Crippen LogP contribution in [0, 0.1) is 5.82 Å². The summed E-state index contributed by atoms with van der Waals surface area (Å²) in [6.45, 7) is 4.02. The van der Waals surface area contributed by atoms with Gasteiger partial charge in [0.25, 0.3) is 0 Å². The lowest BCUT2D eigenvalue weighted by molar-refractivity contribution is 0.00256. The zero-order chi connectivity index (χ0) is 13.9. The van der Waals surface area contributed by atoms with Gasteiger partial charge in [-0.1, -0.05) is 22.9 Å². The van der Waals surface area contributed by atoms with Crippen molar-refractivity contribution in [1.82, 2.24) is 4.90 Å². The van der Waals surface area contributed by atoms with Crippen LogP contribution in [0.15, 0.2) is 22.7 Å². The van der Waals surface area contributed by atoms with Crippen molar-refractivity contribution in [2.75, 3.05) is 14.1 Å². The first-order chi connectivity index (χ1) is 8.31. The quantitative estimate of drug-likeness (QED) is 0.901. The van der Waals surface area contributed by atoms with Crippen LogP contribution < -0.4 is 0 Å². The molecular formula is C14H21BrFNO. The Morgan fingerprint density at radius 1 is 1.44 bits per heavy atom. The van der Waals surface area contributed by atoms with Crippen LogP contribution in [0.4, 0.5) is 4.39 Å². The maximum atomic E-state index is 13.7. The normalized spacial score (nSPS) is 16.7. The van der Waals surface area contributed by atoms with Gasteiger partial charge in [0, 0.05) is 16.4 Å². The van der Waals surface area contributed by atoms with Gasteiger partial charge in [-0.2, -0.15) is 0 Å². The zero-order valence-corrected chi connectivity index (χ0v) is 13.0. The van der Waals surface area contributed by atoms with E-state index in [1.807, 2.05) is 32.8 Å². The van der Waals surface area contributed by atoms with Crippen molar-refractivity contribution in [3.63, 3.8) is 0 Å². The fourth-order valence-electron chi connectivity index (χ4n) is 1.98. The van der Waals surface area contributed by atoms with Gasteiger partial charge in [0.1, 0.15) is 5.82 Å². The van der Waals surface area contributed by atoms with E-state index in [1.165, 1.54) is 6.07 Å². The van der Waals surface area contributed by atoms with Crippen LogP contribution >= 0.6 is 15.9 Å². The molecule has 1 rings (SSSR count). The molecule has 2 nitrogen and oxygen atoms in total. The first-order valence-corrected chi connectivity index (χ1v) is 6.90. The van der Waals surface area contributed by atoms with E-state index in [4.69, 9.17) is 0 Å². The van der Waals surface area contributed by atoms with Crippen molar-refractivity contribution >= 4 is 15.9 Å². The smallest absolute Gasteiger partial charge is 0.126 e. The van der Waals surface area contributed by atoms with Crippen LogP contribution in [-0.2, 0) is 6.42 Å². The van der Waals surface area contributed by atoms with Gasteiger partial charge in [-0.3, -0.25) is 0 Å². The largest absolute Gasteiger partial charge is 0.391 e. The van der Waals surface area contributed by atoms with Crippen molar-refractivity contribution in [3.05, 3.63) is 34.1 Å². The highest BCUT2D eigenvalue weighted by molar-refractivity contribution is 9.10. The van der Waals surface area contributed by atoms with E-state index >= 15 is 0 Å². The van der Waals surface area contributed by atoms with E-state index < -0.39 is 6.10 Å². The number of aliphatic hydroxyl groups excluding tert-OH is 1. The van der Waals surface area contributed by atoms with Gasteiger partial charge in [0.05, 0.1) is 6.10 Å². The highest BCUT2D eigenvalue weighted by Crippen LogP contribution is 2.25. The second kappa shape index (κ2) is 6.13.